The van der Waals surface area contributed by atoms with Crippen molar-refractivity contribution in [3.8, 4) is 0 Å². The third-order valence-corrected chi connectivity index (χ3v) is 4.82. The van der Waals surface area contributed by atoms with Crippen LogP contribution in [0.1, 0.15) is 12.8 Å². The maximum Gasteiger partial charge on any atom is 0.241 e. The van der Waals surface area contributed by atoms with Gasteiger partial charge in [0.05, 0.1) is 28.5 Å². The molecule has 0 saturated carbocycles. The zero-order chi connectivity index (χ0) is 20.9. The van der Waals surface area contributed by atoms with Gasteiger partial charge in [0.1, 0.15) is 0 Å². The molecule has 0 radical (unpaired) electrons. The zero-order valence-electron chi connectivity index (χ0n) is 16.2. The van der Waals surface area contributed by atoms with Crippen molar-refractivity contribution < 1.29 is 9.59 Å². The smallest absolute Gasteiger partial charge is 0.241 e. The minimum atomic E-state index is -0.819. The number of nitrogens with zero attached hydrogens (tertiary/aromatic N) is 2. The Labute approximate surface area is 173 Å². The first-order chi connectivity index (χ1) is 14.6. The van der Waals surface area contributed by atoms with E-state index in [1.54, 1.807) is 24.5 Å². The lowest BCUT2D eigenvalue weighted by molar-refractivity contribution is -0.118. The maximum absolute atomic E-state index is 12.5. The normalized spacial score (nSPS) is 11.9. The van der Waals surface area contributed by atoms with Gasteiger partial charge >= 0.3 is 0 Å². The summed E-state index contributed by atoms with van der Waals surface area (Å²) in [6, 6.07) is 17.8. The number of para-hydroxylation sites is 2. The minimum Gasteiger partial charge on any atom is -0.324 e. The lowest BCUT2D eigenvalue weighted by Gasteiger charge is -2.13. The van der Waals surface area contributed by atoms with Crippen molar-refractivity contribution >= 4 is 45.0 Å². The number of fused-ring (bicyclic) bond motifs is 2. The fourth-order valence-electron chi connectivity index (χ4n) is 3.27. The van der Waals surface area contributed by atoms with Gasteiger partial charge in [0.2, 0.25) is 11.8 Å². The molecule has 2 heterocycles. The Morgan fingerprint density at radius 3 is 1.93 bits per heavy atom. The fraction of sp³-hybridized carbons (Fsp3) is 0.130. The van der Waals surface area contributed by atoms with Crippen molar-refractivity contribution in [3.05, 3.63) is 73.1 Å². The Kier molecular flexibility index (Phi) is 5.63. The van der Waals surface area contributed by atoms with E-state index in [9.17, 15) is 9.59 Å². The molecule has 4 rings (SSSR count). The molecule has 7 nitrogen and oxygen atoms in total. The van der Waals surface area contributed by atoms with Crippen molar-refractivity contribution in [2.45, 2.75) is 18.9 Å². The predicted octanol–water partition coefficient (Wildman–Crippen LogP) is 3.47. The summed E-state index contributed by atoms with van der Waals surface area (Å²) >= 11 is 0. The Bertz CT molecular complexity index is 1210. The van der Waals surface area contributed by atoms with E-state index in [-0.39, 0.29) is 24.7 Å². The Balaban J connectivity index is 1.36. The molecule has 1 atom stereocenters. The second-order valence-corrected chi connectivity index (χ2v) is 6.94. The molecule has 0 bridgehead atoms. The molecule has 150 valence electrons. The molecule has 0 fully saturated rings. The third kappa shape index (κ3) is 4.26. The number of carbonyl (C=O) groups is 2. The van der Waals surface area contributed by atoms with E-state index in [1.807, 2.05) is 48.5 Å². The van der Waals surface area contributed by atoms with Gasteiger partial charge in [-0.2, -0.15) is 0 Å². The Morgan fingerprint density at radius 1 is 0.800 bits per heavy atom. The summed E-state index contributed by atoms with van der Waals surface area (Å²) in [5.74, 6) is -0.573. The molecule has 2 aromatic carbocycles. The van der Waals surface area contributed by atoms with E-state index >= 15 is 0 Å². The molecular weight excluding hydrogens is 378 g/mol. The number of nitrogens with one attached hydrogen (secondary N) is 2. The molecule has 0 aliphatic rings. The lowest BCUT2D eigenvalue weighted by atomic mass is 10.1. The summed E-state index contributed by atoms with van der Waals surface area (Å²) < 4.78 is 0. The van der Waals surface area contributed by atoms with Crippen LogP contribution in [0.25, 0.3) is 21.8 Å². The van der Waals surface area contributed by atoms with Crippen LogP contribution < -0.4 is 16.4 Å². The molecule has 7 heteroatoms. The molecule has 4 aromatic rings. The highest BCUT2D eigenvalue weighted by Gasteiger charge is 2.17. The van der Waals surface area contributed by atoms with Crippen LogP contribution in [-0.4, -0.2) is 27.8 Å². The van der Waals surface area contributed by atoms with E-state index < -0.39 is 6.04 Å². The van der Waals surface area contributed by atoms with Crippen molar-refractivity contribution in [1.29, 1.82) is 0 Å². The second kappa shape index (κ2) is 8.67. The summed E-state index contributed by atoms with van der Waals surface area (Å²) in [7, 11) is 0. The Morgan fingerprint density at radius 2 is 1.33 bits per heavy atom. The van der Waals surface area contributed by atoms with Gasteiger partial charge in [0.25, 0.3) is 0 Å². The number of rotatable bonds is 6. The average molecular weight is 399 g/mol. The minimum absolute atomic E-state index is 0.117. The van der Waals surface area contributed by atoms with Crippen LogP contribution in [0.3, 0.4) is 0 Å². The maximum atomic E-state index is 12.5. The second-order valence-electron chi connectivity index (χ2n) is 6.94. The summed E-state index contributed by atoms with van der Waals surface area (Å²) in [6.07, 6.45) is 3.68. The largest absolute Gasteiger partial charge is 0.324 e. The molecule has 0 unspecified atom stereocenters. The van der Waals surface area contributed by atoms with Crippen LogP contribution in [-0.2, 0) is 9.59 Å². The number of hydrogen-bond donors (Lipinski definition) is 3. The van der Waals surface area contributed by atoms with Gasteiger partial charge < -0.3 is 16.4 Å². The summed E-state index contributed by atoms with van der Waals surface area (Å²) in [5.41, 5.74) is 8.67. The van der Waals surface area contributed by atoms with E-state index in [0.29, 0.717) is 16.9 Å². The van der Waals surface area contributed by atoms with Crippen LogP contribution in [0.15, 0.2) is 73.1 Å². The number of carbonyl (C=O) groups excluding carboxylic acids is 2. The van der Waals surface area contributed by atoms with Crippen molar-refractivity contribution in [2.75, 3.05) is 10.6 Å². The molecule has 2 aromatic heterocycles. The third-order valence-electron chi connectivity index (χ3n) is 4.82. The van der Waals surface area contributed by atoms with E-state index in [4.69, 9.17) is 5.73 Å². The Hall–Kier alpha value is -3.84. The van der Waals surface area contributed by atoms with Crippen LogP contribution >= 0.6 is 0 Å². The topological polar surface area (TPSA) is 110 Å². The van der Waals surface area contributed by atoms with Crippen LogP contribution in [0.2, 0.25) is 0 Å². The standard InChI is InChI=1S/C23H21N5O2/c24-17(23(30)28-19-10-2-6-16-8-4-14-26-22(16)19)11-12-20(29)27-18-9-1-5-15-7-3-13-25-21(15)18/h1-10,13-14,17H,11-12,24H2,(H,27,29)(H,28,30)/t17-/m0/s1. The van der Waals surface area contributed by atoms with E-state index in [0.717, 1.165) is 16.3 Å². The first kappa shape index (κ1) is 19.5. The number of aromatic nitrogens is 2. The first-order valence-corrected chi connectivity index (χ1v) is 9.65. The molecule has 4 N–H and O–H groups in total. The van der Waals surface area contributed by atoms with Gasteiger partial charge in [0.15, 0.2) is 0 Å². The van der Waals surface area contributed by atoms with Crippen molar-refractivity contribution in [3.63, 3.8) is 0 Å². The zero-order valence-corrected chi connectivity index (χ0v) is 16.2. The SMILES string of the molecule is N[C@@H](CCC(=O)Nc1cccc2cccnc12)C(=O)Nc1cccc2cccnc12. The van der Waals surface area contributed by atoms with E-state index in [1.165, 1.54) is 0 Å². The number of pyridine rings is 2. The van der Waals surface area contributed by atoms with Crippen LogP contribution in [0.5, 0.6) is 0 Å². The van der Waals surface area contributed by atoms with Gasteiger partial charge in [-0.3, -0.25) is 19.6 Å². The van der Waals surface area contributed by atoms with Crippen molar-refractivity contribution in [2.24, 2.45) is 5.73 Å². The monoisotopic (exact) mass is 399 g/mol. The van der Waals surface area contributed by atoms with Gasteiger partial charge in [-0.05, 0) is 30.7 Å². The van der Waals surface area contributed by atoms with Gasteiger partial charge in [-0.15, -0.1) is 0 Å². The van der Waals surface area contributed by atoms with Crippen LogP contribution in [0, 0.1) is 0 Å². The molecule has 2 amide bonds. The average Bonchev–Trinajstić information content (AvgIpc) is 2.78. The van der Waals surface area contributed by atoms with Crippen molar-refractivity contribution in [1.82, 2.24) is 9.97 Å². The molecular formula is C23H21N5O2. The van der Waals surface area contributed by atoms with Crippen LogP contribution in [0.4, 0.5) is 11.4 Å². The number of nitrogens with two attached hydrogens (primary N) is 1. The highest BCUT2D eigenvalue weighted by molar-refractivity contribution is 6.03. The van der Waals surface area contributed by atoms with Gasteiger partial charge in [0, 0.05) is 29.6 Å². The summed E-state index contributed by atoms with van der Waals surface area (Å²) in [5, 5.41) is 7.53. The van der Waals surface area contributed by atoms with Gasteiger partial charge in [-0.1, -0.05) is 36.4 Å². The number of benzene rings is 2. The lowest BCUT2D eigenvalue weighted by Crippen LogP contribution is -2.36. The first-order valence-electron chi connectivity index (χ1n) is 9.65. The quantitative estimate of drug-likeness (QED) is 0.460. The highest BCUT2D eigenvalue weighted by Crippen LogP contribution is 2.22. The molecule has 0 aliphatic heterocycles. The predicted molar refractivity (Wildman–Crippen MR) is 118 cm³/mol. The number of hydrogen-bond acceptors (Lipinski definition) is 5. The molecule has 0 aliphatic carbocycles. The van der Waals surface area contributed by atoms with E-state index in [2.05, 4.69) is 20.6 Å². The summed E-state index contributed by atoms with van der Waals surface area (Å²) in [6.45, 7) is 0. The summed E-state index contributed by atoms with van der Waals surface area (Å²) in [4.78, 5) is 33.5. The fourth-order valence-corrected chi connectivity index (χ4v) is 3.27. The number of amides is 2. The number of anilines is 2. The molecule has 0 saturated heterocycles. The molecule has 30 heavy (non-hydrogen) atoms. The highest BCUT2D eigenvalue weighted by atomic mass is 16.2. The molecule has 0 spiro atoms. The van der Waals surface area contributed by atoms with Gasteiger partial charge in [-0.25, -0.2) is 0 Å².